The van der Waals surface area contributed by atoms with E-state index in [1.54, 1.807) is 0 Å². The zero-order valence-electron chi connectivity index (χ0n) is 16.5. The molecule has 0 saturated heterocycles. The molecule has 0 saturated carbocycles. The van der Waals surface area contributed by atoms with Gasteiger partial charge in [0.1, 0.15) is 17.4 Å². The summed E-state index contributed by atoms with van der Waals surface area (Å²) in [6, 6.07) is 4.95. The summed E-state index contributed by atoms with van der Waals surface area (Å²) in [6.07, 6.45) is -3.79. The quantitative estimate of drug-likeness (QED) is 0.342. The molecule has 0 aliphatic heterocycles. The first-order valence-corrected chi connectivity index (χ1v) is 9.33. The van der Waals surface area contributed by atoms with Crippen LogP contribution < -0.4 is 10.1 Å². The first-order valence-electron chi connectivity index (χ1n) is 8.96. The summed E-state index contributed by atoms with van der Waals surface area (Å²) in [5, 5.41) is 4.54. The Bertz CT molecular complexity index is 1220. The van der Waals surface area contributed by atoms with Crippen LogP contribution in [0.1, 0.15) is 16.1 Å². The summed E-state index contributed by atoms with van der Waals surface area (Å²) in [4.78, 5) is 31.0. The van der Waals surface area contributed by atoms with E-state index in [1.165, 1.54) is 19.1 Å². The molecule has 1 aromatic heterocycles. The minimum absolute atomic E-state index is 0.0377. The van der Waals surface area contributed by atoms with Crippen LogP contribution >= 0.6 is 11.6 Å². The van der Waals surface area contributed by atoms with Gasteiger partial charge in [-0.05, 0) is 36.4 Å². The van der Waals surface area contributed by atoms with Crippen LogP contribution in [0.25, 0.3) is 11.3 Å². The van der Waals surface area contributed by atoms with Crippen LogP contribution in [0.4, 0.5) is 33.5 Å². The van der Waals surface area contributed by atoms with Crippen molar-refractivity contribution in [1.29, 1.82) is 0 Å². The second kappa shape index (κ2) is 9.45. The highest BCUT2D eigenvalue weighted by atomic mass is 35.5. The predicted octanol–water partition coefficient (Wildman–Crippen LogP) is 5.97. The van der Waals surface area contributed by atoms with Crippen molar-refractivity contribution in [3.05, 3.63) is 69.4 Å². The van der Waals surface area contributed by atoms with Gasteiger partial charge in [0, 0.05) is 5.56 Å². The number of ether oxygens (including phenoxy) is 1. The van der Waals surface area contributed by atoms with E-state index in [1.807, 2.05) is 0 Å². The maximum absolute atomic E-state index is 14.9. The smallest absolute Gasteiger partial charge is 0.422 e. The van der Waals surface area contributed by atoms with Gasteiger partial charge in [-0.15, -0.1) is 4.91 Å². The summed E-state index contributed by atoms with van der Waals surface area (Å²) in [6.45, 7) is -0.427. The van der Waals surface area contributed by atoms with E-state index in [2.05, 4.69) is 20.5 Å². The minimum Gasteiger partial charge on any atom is -0.483 e. The molecule has 0 radical (unpaired) electrons. The number of para-hydroxylation sites is 1. The largest absolute Gasteiger partial charge is 0.483 e. The van der Waals surface area contributed by atoms with E-state index in [0.29, 0.717) is 6.07 Å². The Balaban J connectivity index is 2.07. The van der Waals surface area contributed by atoms with Crippen LogP contribution in [0.5, 0.6) is 5.75 Å². The number of benzene rings is 2. The summed E-state index contributed by atoms with van der Waals surface area (Å²) in [5.74, 6) is -4.08. The number of rotatable bonds is 6. The number of halogens is 6. The zero-order chi connectivity index (χ0) is 24.3. The molecule has 0 spiro atoms. The third-order valence-electron chi connectivity index (χ3n) is 4.19. The van der Waals surface area contributed by atoms with Gasteiger partial charge in [0.25, 0.3) is 5.91 Å². The fourth-order valence-corrected chi connectivity index (χ4v) is 2.91. The highest BCUT2D eigenvalue weighted by molar-refractivity contribution is 6.34. The molecule has 7 nitrogen and oxygen atoms in total. The van der Waals surface area contributed by atoms with Crippen molar-refractivity contribution in [3.63, 3.8) is 0 Å². The zero-order valence-corrected chi connectivity index (χ0v) is 17.3. The number of nitrogens with one attached hydrogen (secondary N) is 1. The van der Waals surface area contributed by atoms with Gasteiger partial charge in [0.15, 0.2) is 6.61 Å². The summed E-state index contributed by atoms with van der Waals surface area (Å²) in [5.41, 5.74) is -1.58. The fraction of sp³-hybridized carbons (Fsp3) is 0.150. The molecular weight excluding hydrogens is 475 g/mol. The number of aryl methyl sites for hydroxylation is 1. The van der Waals surface area contributed by atoms with E-state index in [4.69, 9.17) is 16.3 Å². The van der Waals surface area contributed by atoms with Crippen molar-refractivity contribution in [2.75, 3.05) is 11.9 Å². The number of hydrogen-bond donors (Lipinski definition) is 1. The summed E-state index contributed by atoms with van der Waals surface area (Å²) >= 11 is 5.84. The standard InChI is InChI=1S/C20H12ClF5N4O3/c1-9-18(30-32)27-7-15(28-9)10-6-16(33-8-20(24,25)26)11(5-14(10)23)19(31)29-17-12(21)3-2-4-13(17)22/h2-7H,8H2,1H3,(H,29,31). The Morgan fingerprint density at radius 2 is 1.94 bits per heavy atom. The van der Waals surface area contributed by atoms with Crippen molar-refractivity contribution in [1.82, 2.24) is 9.97 Å². The SMILES string of the molecule is Cc1nc(-c2cc(OCC(F)(F)F)c(C(=O)Nc3c(F)cccc3Cl)cc2F)cnc1N=O. The first-order chi connectivity index (χ1) is 15.5. The van der Waals surface area contributed by atoms with Crippen LogP contribution in [0, 0.1) is 23.5 Å². The molecule has 2 aromatic carbocycles. The second-order valence-corrected chi connectivity index (χ2v) is 6.95. The number of carbonyl (C=O) groups excluding carboxylic acids is 1. The molecule has 1 heterocycles. The van der Waals surface area contributed by atoms with Crippen LogP contribution in [0.15, 0.2) is 41.7 Å². The first kappa shape index (κ1) is 24.0. The Kier molecular flexibility index (Phi) is 6.86. The van der Waals surface area contributed by atoms with Gasteiger partial charge in [-0.3, -0.25) is 4.79 Å². The van der Waals surface area contributed by atoms with E-state index < -0.39 is 47.3 Å². The number of carbonyl (C=O) groups is 1. The number of hydrogen-bond acceptors (Lipinski definition) is 6. The minimum atomic E-state index is -4.77. The van der Waals surface area contributed by atoms with E-state index in [-0.39, 0.29) is 27.8 Å². The Morgan fingerprint density at radius 1 is 1.21 bits per heavy atom. The van der Waals surface area contributed by atoms with Gasteiger partial charge >= 0.3 is 6.18 Å². The molecule has 0 aliphatic rings. The van der Waals surface area contributed by atoms with Crippen LogP contribution in [-0.2, 0) is 0 Å². The molecule has 0 fully saturated rings. The van der Waals surface area contributed by atoms with Crippen molar-refractivity contribution in [3.8, 4) is 17.0 Å². The molecule has 0 aliphatic carbocycles. The highest BCUT2D eigenvalue weighted by Crippen LogP contribution is 2.33. The average molecular weight is 487 g/mol. The number of alkyl halides is 3. The third-order valence-corrected chi connectivity index (χ3v) is 4.50. The van der Waals surface area contributed by atoms with E-state index >= 15 is 0 Å². The van der Waals surface area contributed by atoms with Crippen molar-refractivity contribution < 1.29 is 31.5 Å². The molecular formula is C20H12ClF5N4O3. The Labute approximate surface area is 187 Å². The van der Waals surface area contributed by atoms with Crippen LogP contribution in [-0.4, -0.2) is 28.7 Å². The molecule has 33 heavy (non-hydrogen) atoms. The van der Waals surface area contributed by atoms with Crippen LogP contribution in [0.3, 0.4) is 0 Å². The van der Waals surface area contributed by atoms with Gasteiger partial charge in [0.05, 0.1) is 33.9 Å². The second-order valence-electron chi connectivity index (χ2n) is 6.54. The number of nitrogens with zero attached hydrogens (tertiary/aromatic N) is 3. The molecule has 0 unspecified atom stereocenters. The summed E-state index contributed by atoms with van der Waals surface area (Å²) in [7, 11) is 0. The van der Waals surface area contributed by atoms with E-state index in [9.17, 15) is 31.7 Å². The molecule has 0 atom stereocenters. The molecule has 1 amide bonds. The van der Waals surface area contributed by atoms with Crippen molar-refractivity contribution >= 4 is 29.0 Å². The molecule has 13 heteroatoms. The Morgan fingerprint density at radius 3 is 2.55 bits per heavy atom. The lowest BCUT2D eigenvalue weighted by Gasteiger charge is -2.16. The monoisotopic (exact) mass is 486 g/mol. The topological polar surface area (TPSA) is 93.5 Å². The lowest BCUT2D eigenvalue weighted by molar-refractivity contribution is -0.153. The third kappa shape index (κ3) is 5.58. The molecule has 1 N–H and O–H groups in total. The van der Waals surface area contributed by atoms with Gasteiger partial charge < -0.3 is 10.1 Å². The Hall–Kier alpha value is -3.67. The number of anilines is 1. The molecule has 0 bridgehead atoms. The van der Waals surface area contributed by atoms with Gasteiger partial charge in [0.2, 0.25) is 5.82 Å². The number of aromatic nitrogens is 2. The van der Waals surface area contributed by atoms with Crippen LogP contribution in [0.2, 0.25) is 5.02 Å². The molecule has 3 aromatic rings. The highest BCUT2D eigenvalue weighted by Gasteiger charge is 2.30. The van der Waals surface area contributed by atoms with Gasteiger partial charge in [-0.2, -0.15) is 13.2 Å². The predicted molar refractivity (Wildman–Crippen MR) is 109 cm³/mol. The molecule has 3 rings (SSSR count). The van der Waals surface area contributed by atoms with E-state index in [0.717, 1.165) is 18.3 Å². The van der Waals surface area contributed by atoms with Gasteiger partial charge in [-0.25, -0.2) is 18.7 Å². The van der Waals surface area contributed by atoms with Gasteiger partial charge in [-0.1, -0.05) is 17.7 Å². The maximum atomic E-state index is 14.9. The number of amides is 1. The lowest BCUT2D eigenvalue weighted by atomic mass is 10.1. The average Bonchev–Trinajstić information content (AvgIpc) is 2.74. The molecule has 172 valence electrons. The normalized spacial score (nSPS) is 11.2. The summed E-state index contributed by atoms with van der Waals surface area (Å²) < 4.78 is 71.8. The fourth-order valence-electron chi connectivity index (χ4n) is 2.70. The van der Waals surface area contributed by atoms with Crippen molar-refractivity contribution in [2.24, 2.45) is 5.18 Å². The maximum Gasteiger partial charge on any atom is 0.422 e. The number of nitroso groups, excluding NO2 is 1. The van der Waals surface area contributed by atoms with Crippen molar-refractivity contribution in [2.45, 2.75) is 13.1 Å². The lowest BCUT2D eigenvalue weighted by Crippen LogP contribution is -2.22.